The van der Waals surface area contributed by atoms with E-state index in [1.54, 1.807) is 0 Å². The molecule has 1 spiro atoms. The maximum absolute atomic E-state index is 14.1. The van der Waals surface area contributed by atoms with Crippen molar-refractivity contribution in [3.05, 3.63) is 42.0 Å². The summed E-state index contributed by atoms with van der Waals surface area (Å²) in [4.78, 5) is 11.3. The van der Waals surface area contributed by atoms with Gasteiger partial charge in [0.15, 0.2) is 21.4 Å². The highest BCUT2D eigenvalue weighted by Crippen LogP contribution is 2.54. The van der Waals surface area contributed by atoms with Gasteiger partial charge in [-0.1, -0.05) is 6.92 Å². The van der Waals surface area contributed by atoms with Crippen LogP contribution in [0.5, 0.6) is 5.75 Å². The van der Waals surface area contributed by atoms with Gasteiger partial charge in [-0.25, -0.2) is 22.8 Å². The predicted molar refractivity (Wildman–Crippen MR) is 122 cm³/mol. The molecule has 6 nitrogen and oxygen atoms in total. The van der Waals surface area contributed by atoms with Crippen LogP contribution in [0.2, 0.25) is 0 Å². The van der Waals surface area contributed by atoms with E-state index in [0.29, 0.717) is 17.9 Å². The van der Waals surface area contributed by atoms with Crippen molar-refractivity contribution < 1.29 is 17.5 Å². The van der Waals surface area contributed by atoms with Crippen LogP contribution in [-0.2, 0) is 16.3 Å². The van der Waals surface area contributed by atoms with Gasteiger partial charge in [0, 0.05) is 31.7 Å². The third-order valence-corrected chi connectivity index (χ3v) is 8.11. The fourth-order valence-corrected chi connectivity index (χ4v) is 5.67. The molecule has 2 fully saturated rings. The lowest BCUT2D eigenvalue weighted by Gasteiger charge is -2.52. The summed E-state index contributed by atoms with van der Waals surface area (Å²) in [5.74, 6) is 1.05. The number of halogens is 1. The highest BCUT2D eigenvalue weighted by Gasteiger charge is 2.45. The predicted octanol–water partition coefficient (Wildman–Crippen LogP) is 4.44. The van der Waals surface area contributed by atoms with Crippen LogP contribution in [-0.4, -0.2) is 44.3 Å². The average Bonchev–Trinajstić information content (AvgIpc) is 2.76. The number of sulfone groups is 1. The quantitative estimate of drug-likeness (QED) is 0.541. The molecule has 1 aromatic heterocycles. The Hall–Kier alpha value is -2.22. The molecule has 8 heteroatoms. The molecule has 0 bridgehead atoms. The number of hydrogen-bond donors (Lipinski definition) is 0. The molecule has 0 unspecified atom stereocenters. The molecule has 174 valence electrons. The van der Waals surface area contributed by atoms with Crippen LogP contribution in [0.1, 0.15) is 51.0 Å². The van der Waals surface area contributed by atoms with Gasteiger partial charge >= 0.3 is 0 Å². The summed E-state index contributed by atoms with van der Waals surface area (Å²) in [7, 11) is -3.42. The zero-order chi connectivity index (χ0) is 22.8. The molecule has 1 aliphatic carbocycles. The van der Waals surface area contributed by atoms with Crippen LogP contribution in [0.4, 0.5) is 10.3 Å². The Morgan fingerprint density at radius 3 is 2.47 bits per heavy atom. The van der Waals surface area contributed by atoms with E-state index >= 15 is 0 Å². The molecule has 1 aliphatic heterocycles. The summed E-state index contributed by atoms with van der Waals surface area (Å²) in [5, 5.41) is 0. The first-order valence-electron chi connectivity index (χ1n) is 11.5. The number of piperidine rings is 1. The maximum atomic E-state index is 14.1. The third-order valence-electron chi connectivity index (χ3n) is 7.00. The number of anilines is 1. The second kappa shape index (κ2) is 9.33. The first-order chi connectivity index (χ1) is 15.3. The normalized spacial score (nSPS) is 18.5. The number of rotatable bonds is 8. The molecule has 0 radical (unpaired) electrons. The lowest BCUT2D eigenvalue weighted by atomic mass is 9.56. The fourth-order valence-electron chi connectivity index (χ4n) is 5.04. The Kier molecular flexibility index (Phi) is 6.70. The van der Waals surface area contributed by atoms with E-state index in [-0.39, 0.29) is 10.6 Å². The van der Waals surface area contributed by atoms with Crippen LogP contribution >= 0.6 is 0 Å². The van der Waals surface area contributed by atoms with Crippen molar-refractivity contribution in [3.63, 3.8) is 0 Å². The van der Waals surface area contributed by atoms with E-state index in [1.807, 2.05) is 12.4 Å². The zero-order valence-corrected chi connectivity index (χ0v) is 19.7. The van der Waals surface area contributed by atoms with Crippen LogP contribution in [0.15, 0.2) is 35.5 Å². The van der Waals surface area contributed by atoms with Crippen molar-refractivity contribution >= 4 is 15.8 Å². The Morgan fingerprint density at radius 2 is 1.88 bits per heavy atom. The minimum Gasteiger partial charge on any atom is -0.491 e. The molecular formula is C24H32FN3O3S. The number of hydrogen-bond acceptors (Lipinski definition) is 6. The van der Waals surface area contributed by atoms with Gasteiger partial charge in [0.1, 0.15) is 0 Å². The largest absolute Gasteiger partial charge is 0.491 e. The zero-order valence-electron chi connectivity index (χ0n) is 18.9. The number of nitrogens with zero attached hydrogens (tertiary/aromatic N) is 3. The summed E-state index contributed by atoms with van der Waals surface area (Å²) >= 11 is 0. The molecular weight excluding hydrogens is 429 g/mol. The van der Waals surface area contributed by atoms with E-state index in [9.17, 15) is 12.8 Å². The van der Waals surface area contributed by atoms with Crippen LogP contribution < -0.4 is 9.64 Å². The lowest BCUT2D eigenvalue weighted by molar-refractivity contribution is 0.0204. The number of ether oxygens (including phenoxy) is 1. The molecule has 1 aromatic carbocycles. The molecule has 2 aliphatic rings. The molecule has 1 saturated heterocycles. The monoisotopic (exact) mass is 461 g/mol. The van der Waals surface area contributed by atoms with Gasteiger partial charge in [-0.2, -0.15) is 0 Å². The first-order valence-corrected chi connectivity index (χ1v) is 13.4. The van der Waals surface area contributed by atoms with Gasteiger partial charge in [-0.3, -0.25) is 0 Å². The number of aromatic nitrogens is 2. The summed E-state index contributed by atoms with van der Waals surface area (Å²) in [6.07, 6.45) is 12.7. The van der Waals surface area contributed by atoms with E-state index in [1.165, 1.54) is 43.4 Å². The third kappa shape index (κ3) is 5.22. The standard InChI is InChI=1S/C24H32FN3O3S/c1-3-18-16-26-23(27-17-18)28-10-8-24(9-11-28)14-19(15-24)5-4-12-31-22-7-6-20(13-21(22)25)32(2,29)30/h6-7,13,16-17,19H,3-5,8-12,14-15H2,1-2H3. The summed E-state index contributed by atoms with van der Waals surface area (Å²) < 4.78 is 42.6. The van der Waals surface area contributed by atoms with E-state index in [0.717, 1.165) is 50.6 Å². The summed E-state index contributed by atoms with van der Waals surface area (Å²) in [5.41, 5.74) is 1.64. The second-order valence-electron chi connectivity index (χ2n) is 9.36. The van der Waals surface area contributed by atoms with Crippen LogP contribution in [0.25, 0.3) is 0 Å². The van der Waals surface area contributed by atoms with Gasteiger partial charge in [-0.05, 0) is 80.0 Å². The highest BCUT2D eigenvalue weighted by atomic mass is 32.2. The van der Waals surface area contributed by atoms with Gasteiger partial charge in [-0.15, -0.1) is 0 Å². The van der Waals surface area contributed by atoms with Gasteiger partial charge in [0.25, 0.3) is 0 Å². The van der Waals surface area contributed by atoms with Crippen LogP contribution in [0, 0.1) is 17.2 Å². The SMILES string of the molecule is CCc1cnc(N2CCC3(CC2)CC(CCCOc2ccc(S(C)(=O)=O)cc2F)C3)nc1. The summed E-state index contributed by atoms with van der Waals surface area (Å²) in [6, 6.07) is 3.81. The van der Waals surface area contributed by atoms with Crippen molar-refractivity contribution in [1.29, 1.82) is 0 Å². The maximum Gasteiger partial charge on any atom is 0.225 e. The highest BCUT2D eigenvalue weighted by molar-refractivity contribution is 7.90. The number of aryl methyl sites for hydroxylation is 1. The molecule has 0 atom stereocenters. The van der Waals surface area contributed by atoms with Gasteiger partial charge in [0.05, 0.1) is 11.5 Å². The van der Waals surface area contributed by atoms with E-state index in [2.05, 4.69) is 21.8 Å². The van der Waals surface area contributed by atoms with Crippen LogP contribution in [0.3, 0.4) is 0 Å². The minimum atomic E-state index is -3.42. The van der Waals surface area contributed by atoms with Gasteiger partial charge in [0.2, 0.25) is 5.95 Å². The Balaban J connectivity index is 1.16. The van der Waals surface area contributed by atoms with Crippen molar-refractivity contribution in [2.24, 2.45) is 11.3 Å². The first kappa shape index (κ1) is 23.0. The van der Waals surface area contributed by atoms with Crippen molar-refractivity contribution in [2.75, 3.05) is 30.9 Å². The van der Waals surface area contributed by atoms with Crippen molar-refractivity contribution in [1.82, 2.24) is 9.97 Å². The molecule has 1 saturated carbocycles. The Labute approximate surface area is 190 Å². The molecule has 2 heterocycles. The summed E-state index contributed by atoms with van der Waals surface area (Å²) in [6.45, 7) is 4.59. The smallest absolute Gasteiger partial charge is 0.225 e. The molecule has 0 amide bonds. The molecule has 0 N–H and O–H groups in total. The van der Waals surface area contributed by atoms with Gasteiger partial charge < -0.3 is 9.64 Å². The number of benzene rings is 1. The van der Waals surface area contributed by atoms with Crippen molar-refractivity contribution in [2.45, 2.75) is 56.8 Å². The lowest BCUT2D eigenvalue weighted by Crippen LogP contribution is -2.47. The second-order valence-corrected chi connectivity index (χ2v) is 11.4. The minimum absolute atomic E-state index is 0.0299. The molecule has 32 heavy (non-hydrogen) atoms. The van der Waals surface area contributed by atoms with E-state index < -0.39 is 15.7 Å². The Bertz CT molecular complexity index is 1030. The molecule has 4 rings (SSSR count). The average molecular weight is 462 g/mol. The fraction of sp³-hybridized carbons (Fsp3) is 0.583. The molecule has 2 aromatic rings. The Morgan fingerprint density at radius 1 is 1.19 bits per heavy atom. The topological polar surface area (TPSA) is 72.4 Å². The van der Waals surface area contributed by atoms with Crippen molar-refractivity contribution in [3.8, 4) is 5.75 Å². The van der Waals surface area contributed by atoms with E-state index in [4.69, 9.17) is 4.74 Å².